The normalized spacial score (nSPS) is 35.5. The number of halogens is 2. The standard InChI is InChI=1S/C9H13ClFN.B/c10-5-9(11)8-6-12-3-1-7(8)2-4-12;/h7H,1-6H2;. The van der Waals surface area contributed by atoms with Crippen LogP contribution in [0.15, 0.2) is 11.4 Å². The molecule has 0 amide bonds. The molecule has 3 fully saturated rings. The first-order chi connectivity index (χ1) is 5.81. The monoisotopic (exact) mass is 200 g/mol. The van der Waals surface area contributed by atoms with Crippen LogP contribution in [0.3, 0.4) is 0 Å². The third-order valence-electron chi connectivity index (χ3n) is 2.94. The third-order valence-corrected chi connectivity index (χ3v) is 3.17. The second kappa shape index (κ2) is 4.47. The molecule has 3 heterocycles. The fraction of sp³-hybridized carbons (Fsp3) is 0.778. The van der Waals surface area contributed by atoms with Gasteiger partial charge in [0, 0.05) is 15.0 Å². The van der Waals surface area contributed by atoms with Gasteiger partial charge in [-0.3, -0.25) is 4.90 Å². The Labute approximate surface area is 85.5 Å². The lowest BCUT2D eigenvalue weighted by molar-refractivity contribution is 0.157. The summed E-state index contributed by atoms with van der Waals surface area (Å²) in [4.78, 5) is 2.31. The van der Waals surface area contributed by atoms with Crippen molar-refractivity contribution >= 4 is 20.0 Å². The topological polar surface area (TPSA) is 3.24 Å². The Hall–Kier alpha value is -0.0151. The summed E-state index contributed by atoms with van der Waals surface area (Å²) in [7, 11) is 0. The molecule has 13 heavy (non-hydrogen) atoms. The van der Waals surface area contributed by atoms with Gasteiger partial charge in [-0.05, 0) is 37.4 Å². The number of alkyl halides is 1. The van der Waals surface area contributed by atoms with Gasteiger partial charge < -0.3 is 0 Å². The Bertz CT molecular complexity index is 212. The summed E-state index contributed by atoms with van der Waals surface area (Å²) < 4.78 is 13.2. The van der Waals surface area contributed by atoms with Crippen LogP contribution in [0, 0.1) is 5.92 Å². The highest BCUT2D eigenvalue weighted by Gasteiger charge is 2.31. The van der Waals surface area contributed by atoms with Crippen molar-refractivity contribution < 1.29 is 4.39 Å². The highest BCUT2D eigenvalue weighted by atomic mass is 35.5. The van der Waals surface area contributed by atoms with Crippen molar-refractivity contribution in [2.45, 2.75) is 12.8 Å². The molecule has 3 aliphatic rings. The van der Waals surface area contributed by atoms with Gasteiger partial charge in [-0.2, -0.15) is 0 Å². The van der Waals surface area contributed by atoms with E-state index in [1.807, 2.05) is 0 Å². The van der Waals surface area contributed by atoms with Crippen molar-refractivity contribution in [3.63, 3.8) is 0 Å². The molecule has 4 heteroatoms. The number of allylic oxidation sites excluding steroid dienone is 1. The van der Waals surface area contributed by atoms with Crippen LogP contribution in [0.2, 0.25) is 0 Å². The van der Waals surface area contributed by atoms with Crippen LogP contribution in [-0.2, 0) is 0 Å². The summed E-state index contributed by atoms with van der Waals surface area (Å²) in [6.07, 6.45) is 2.25. The molecule has 3 saturated heterocycles. The molecule has 2 bridgehead atoms. The van der Waals surface area contributed by atoms with Gasteiger partial charge in [0.05, 0.1) is 5.88 Å². The molecule has 3 radical (unpaired) electrons. The van der Waals surface area contributed by atoms with Gasteiger partial charge in [-0.1, -0.05) is 0 Å². The van der Waals surface area contributed by atoms with Crippen molar-refractivity contribution in [3.05, 3.63) is 11.4 Å². The molecule has 0 aromatic carbocycles. The minimum Gasteiger partial charge on any atom is -0.299 e. The smallest absolute Gasteiger partial charge is 0.115 e. The van der Waals surface area contributed by atoms with Gasteiger partial charge in [0.1, 0.15) is 5.83 Å². The maximum Gasteiger partial charge on any atom is 0.115 e. The second-order valence-electron chi connectivity index (χ2n) is 3.61. The molecular formula is C9H13BClFN. The van der Waals surface area contributed by atoms with Crippen LogP contribution >= 0.6 is 11.6 Å². The third kappa shape index (κ3) is 2.08. The van der Waals surface area contributed by atoms with E-state index in [2.05, 4.69) is 4.90 Å². The number of nitrogens with zero attached hydrogens (tertiary/aromatic N) is 1. The Morgan fingerprint density at radius 2 is 2.08 bits per heavy atom. The Kier molecular flexibility index (Phi) is 3.80. The van der Waals surface area contributed by atoms with E-state index in [9.17, 15) is 4.39 Å². The molecule has 0 saturated carbocycles. The first-order valence-corrected chi connectivity index (χ1v) is 5.00. The fourth-order valence-electron chi connectivity index (χ4n) is 2.20. The molecule has 0 aromatic rings. The van der Waals surface area contributed by atoms with Crippen molar-refractivity contribution in [3.8, 4) is 0 Å². The zero-order chi connectivity index (χ0) is 8.55. The number of rotatable bonds is 1. The summed E-state index contributed by atoms with van der Waals surface area (Å²) in [6, 6.07) is 0. The first kappa shape index (κ1) is 11.1. The molecular weight excluding hydrogens is 187 g/mol. The number of hydrogen-bond acceptors (Lipinski definition) is 1. The molecule has 0 unspecified atom stereocenters. The fourth-order valence-corrected chi connectivity index (χ4v) is 2.37. The van der Waals surface area contributed by atoms with Gasteiger partial charge >= 0.3 is 0 Å². The number of fused-ring (bicyclic) bond motifs is 3. The van der Waals surface area contributed by atoms with Gasteiger partial charge in [0.15, 0.2) is 0 Å². The van der Waals surface area contributed by atoms with Crippen molar-refractivity contribution in [2.24, 2.45) is 5.92 Å². The largest absolute Gasteiger partial charge is 0.299 e. The van der Waals surface area contributed by atoms with Crippen LogP contribution in [-0.4, -0.2) is 38.8 Å². The van der Waals surface area contributed by atoms with E-state index in [0.29, 0.717) is 5.92 Å². The Morgan fingerprint density at radius 1 is 1.46 bits per heavy atom. The van der Waals surface area contributed by atoms with E-state index >= 15 is 0 Å². The van der Waals surface area contributed by atoms with Crippen LogP contribution in [0.1, 0.15) is 12.8 Å². The summed E-state index contributed by atoms with van der Waals surface area (Å²) in [5.41, 5.74) is 0.975. The SMILES string of the molecule is FC(CCl)=C1CN2CCC1CC2.[B]. The van der Waals surface area contributed by atoms with E-state index in [-0.39, 0.29) is 20.1 Å². The molecule has 0 aromatic heterocycles. The van der Waals surface area contributed by atoms with Crippen molar-refractivity contribution in [1.29, 1.82) is 0 Å². The van der Waals surface area contributed by atoms with E-state index in [4.69, 9.17) is 11.6 Å². The van der Waals surface area contributed by atoms with E-state index in [0.717, 1.165) is 38.0 Å². The van der Waals surface area contributed by atoms with Crippen molar-refractivity contribution in [1.82, 2.24) is 4.90 Å². The zero-order valence-corrected chi connectivity index (χ0v) is 8.36. The quantitative estimate of drug-likeness (QED) is 0.461. The van der Waals surface area contributed by atoms with Crippen molar-refractivity contribution in [2.75, 3.05) is 25.5 Å². The van der Waals surface area contributed by atoms with E-state index in [1.54, 1.807) is 0 Å². The van der Waals surface area contributed by atoms with Gasteiger partial charge in [-0.25, -0.2) is 4.39 Å². The molecule has 0 atom stereocenters. The molecule has 3 aliphatic heterocycles. The predicted molar refractivity (Wildman–Crippen MR) is 53.8 cm³/mol. The molecule has 0 spiro atoms. The molecule has 0 aliphatic carbocycles. The Morgan fingerprint density at radius 3 is 2.46 bits per heavy atom. The van der Waals surface area contributed by atoms with Crippen LogP contribution in [0.25, 0.3) is 0 Å². The van der Waals surface area contributed by atoms with E-state index in [1.165, 1.54) is 0 Å². The number of piperidine rings is 3. The maximum absolute atomic E-state index is 13.2. The predicted octanol–water partition coefficient (Wildman–Crippen LogP) is 1.79. The van der Waals surface area contributed by atoms with Crippen LogP contribution < -0.4 is 0 Å². The van der Waals surface area contributed by atoms with Gasteiger partial charge in [-0.15, -0.1) is 11.6 Å². The average Bonchev–Trinajstić information content (AvgIpc) is 2.18. The summed E-state index contributed by atoms with van der Waals surface area (Å²) in [6.45, 7) is 3.11. The van der Waals surface area contributed by atoms with Crippen LogP contribution in [0.4, 0.5) is 4.39 Å². The highest BCUT2D eigenvalue weighted by molar-refractivity contribution is 6.19. The Balaban J connectivity index is 0.000000845. The first-order valence-electron chi connectivity index (χ1n) is 4.47. The minimum atomic E-state index is -0.0777. The lowest BCUT2D eigenvalue weighted by Gasteiger charge is -2.41. The highest BCUT2D eigenvalue weighted by Crippen LogP contribution is 2.34. The summed E-state index contributed by atoms with van der Waals surface area (Å²) >= 11 is 5.47. The van der Waals surface area contributed by atoms with Gasteiger partial charge in [0.25, 0.3) is 0 Å². The summed E-state index contributed by atoms with van der Waals surface area (Å²) in [5.74, 6) is 0.472. The van der Waals surface area contributed by atoms with Crippen LogP contribution in [0.5, 0.6) is 0 Å². The zero-order valence-electron chi connectivity index (χ0n) is 7.60. The maximum atomic E-state index is 13.2. The molecule has 0 N–H and O–H groups in total. The summed E-state index contributed by atoms with van der Waals surface area (Å²) in [5, 5.41) is 0. The molecule has 71 valence electrons. The minimum absolute atomic E-state index is 0. The average molecular weight is 200 g/mol. The second-order valence-corrected chi connectivity index (χ2v) is 3.88. The lowest BCUT2D eigenvalue weighted by Crippen LogP contribution is -2.43. The molecule has 3 rings (SSSR count). The van der Waals surface area contributed by atoms with Gasteiger partial charge in [0.2, 0.25) is 0 Å². The number of hydrogen-bond donors (Lipinski definition) is 0. The van der Waals surface area contributed by atoms with E-state index < -0.39 is 0 Å². The molecule has 1 nitrogen and oxygen atoms in total. The lowest BCUT2D eigenvalue weighted by atomic mass is 9.83.